The summed E-state index contributed by atoms with van der Waals surface area (Å²) in [5.41, 5.74) is 1.81. The van der Waals surface area contributed by atoms with Gasteiger partial charge in [-0.1, -0.05) is 19.1 Å². The van der Waals surface area contributed by atoms with Crippen molar-refractivity contribution in [2.75, 3.05) is 11.2 Å². The highest BCUT2D eigenvalue weighted by Gasteiger charge is 2.11. The van der Waals surface area contributed by atoms with Gasteiger partial charge < -0.3 is 5.32 Å². The quantitative estimate of drug-likeness (QED) is 0.853. The van der Waals surface area contributed by atoms with Crippen LogP contribution < -0.4 is 5.32 Å². The Balaban J connectivity index is 2.05. The minimum absolute atomic E-state index is 0.0760. The van der Waals surface area contributed by atoms with E-state index in [-0.39, 0.29) is 11.8 Å². The number of hydrogen-bond donors (Lipinski definition) is 1. The Morgan fingerprint density at radius 2 is 2.37 bits per heavy atom. The lowest BCUT2D eigenvalue weighted by Gasteiger charge is -2.10. The number of amides is 1. The van der Waals surface area contributed by atoms with Crippen LogP contribution in [-0.4, -0.2) is 26.6 Å². The van der Waals surface area contributed by atoms with Crippen LogP contribution in [0.3, 0.4) is 0 Å². The number of hydrogen-bond acceptors (Lipinski definition) is 3. The number of aromatic nitrogens is 3. The molecule has 0 radical (unpaired) electrons. The molecule has 1 amide bonds. The lowest BCUT2D eigenvalue weighted by molar-refractivity contribution is -0.118. The second kappa shape index (κ2) is 6.33. The fourth-order valence-corrected chi connectivity index (χ4v) is 1.72. The molecular formula is C13H15ClN4O. The minimum atomic E-state index is -0.208. The first-order valence-electron chi connectivity index (χ1n) is 5.97. The highest BCUT2D eigenvalue weighted by molar-refractivity contribution is 6.19. The van der Waals surface area contributed by atoms with Gasteiger partial charge in [-0.25, -0.2) is 9.67 Å². The zero-order chi connectivity index (χ0) is 13.7. The summed E-state index contributed by atoms with van der Waals surface area (Å²) in [6, 6.07) is 7.64. The summed E-state index contributed by atoms with van der Waals surface area (Å²) in [5.74, 6) is 0.0262. The molecule has 2 rings (SSSR count). The van der Waals surface area contributed by atoms with E-state index in [1.54, 1.807) is 17.9 Å². The van der Waals surface area contributed by atoms with Gasteiger partial charge in [0.1, 0.15) is 12.7 Å². The van der Waals surface area contributed by atoms with Gasteiger partial charge in [-0.05, 0) is 17.7 Å². The van der Waals surface area contributed by atoms with Gasteiger partial charge in [0.25, 0.3) is 0 Å². The maximum Gasteiger partial charge on any atom is 0.228 e. The molecule has 0 saturated carbocycles. The standard InChI is InChI=1S/C13H15ClN4O/c1-10(6-14)13(19)17-12-4-2-3-11(5-12)7-18-9-15-8-16-18/h2-5,8-10H,6-7H2,1H3,(H,17,19). The van der Waals surface area contributed by atoms with Crippen molar-refractivity contribution in [3.05, 3.63) is 42.5 Å². The maximum absolute atomic E-state index is 11.7. The van der Waals surface area contributed by atoms with Crippen LogP contribution in [0, 0.1) is 5.92 Å². The molecule has 1 aromatic carbocycles. The third-order valence-electron chi connectivity index (χ3n) is 2.68. The molecule has 5 nitrogen and oxygen atoms in total. The molecule has 1 N–H and O–H groups in total. The van der Waals surface area contributed by atoms with E-state index in [1.807, 2.05) is 24.3 Å². The van der Waals surface area contributed by atoms with Gasteiger partial charge in [0.2, 0.25) is 5.91 Å². The van der Waals surface area contributed by atoms with Crippen LogP contribution >= 0.6 is 11.6 Å². The molecule has 19 heavy (non-hydrogen) atoms. The number of alkyl halides is 1. The minimum Gasteiger partial charge on any atom is -0.326 e. The smallest absolute Gasteiger partial charge is 0.228 e. The van der Waals surface area contributed by atoms with E-state index in [0.717, 1.165) is 11.3 Å². The summed E-state index contributed by atoms with van der Waals surface area (Å²) in [6.07, 6.45) is 3.15. The maximum atomic E-state index is 11.7. The van der Waals surface area contributed by atoms with E-state index < -0.39 is 0 Å². The predicted molar refractivity (Wildman–Crippen MR) is 74.1 cm³/mol. The first kappa shape index (κ1) is 13.5. The Morgan fingerprint density at radius 3 is 3.05 bits per heavy atom. The summed E-state index contributed by atoms with van der Waals surface area (Å²) in [6.45, 7) is 2.41. The van der Waals surface area contributed by atoms with Gasteiger partial charge in [-0.2, -0.15) is 5.10 Å². The summed E-state index contributed by atoms with van der Waals surface area (Å²) in [5, 5.41) is 6.89. The van der Waals surface area contributed by atoms with Gasteiger partial charge in [0, 0.05) is 17.5 Å². The Morgan fingerprint density at radius 1 is 1.53 bits per heavy atom. The number of carbonyl (C=O) groups is 1. The molecular weight excluding hydrogens is 264 g/mol. The lowest BCUT2D eigenvalue weighted by Crippen LogP contribution is -2.21. The predicted octanol–water partition coefficient (Wildman–Crippen LogP) is 2.14. The molecule has 2 aromatic rings. The normalized spacial score (nSPS) is 12.1. The first-order valence-corrected chi connectivity index (χ1v) is 6.50. The molecule has 100 valence electrons. The van der Waals surface area contributed by atoms with Crippen LogP contribution in [0.2, 0.25) is 0 Å². The average molecular weight is 279 g/mol. The molecule has 0 aliphatic rings. The average Bonchev–Trinajstić information content (AvgIpc) is 2.91. The summed E-state index contributed by atoms with van der Waals surface area (Å²) < 4.78 is 1.72. The Hall–Kier alpha value is -1.88. The van der Waals surface area contributed by atoms with Gasteiger partial charge >= 0.3 is 0 Å². The van der Waals surface area contributed by atoms with Gasteiger partial charge in [-0.15, -0.1) is 11.6 Å². The van der Waals surface area contributed by atoms with Crippen molar-refractivity contribution in [1.82, 2.24) is 14.8 Å². The van der Waals surface area contributed by atoms with E-state index in [2.05, 4.69) is 15.4 Å². The van der Waals surface area contributed by atoms with Gasteiger partial charge in [0.15, 0.2) is 0 Å². The summed E-state index contributed by atoms with van der Waals surface area (Å²) in [7, 11) is 0. The highest BCUT2D eigenvalue weighted by atomic mass is 35.5. The van der Waals surface area contributed by atoms with E-state index >= 15 is 0 Å². The molecule has 0 fully saturated rings. The third kappa shape index (κ3) is 3.79. The second-order valence-electron chi connectivity index (χ2n) is 4.34. The molecule has 0 spiro atoms. The number of benzene rings is 1. The second-order valence-corrected chi connectivity index (χ2v) is 4.65. The molecule has 0 saturated heterocycles. The van der Waals surface area contributed by atoms with E-state index in [9.17, 15) is 4.79 Å². The van der Waals surface area contributed by atoms with Crippen LogP contribution in [0.1, 0.15) is 12.5 Å². The highest BCUT2D eigenvalue weighted by Crippen LogP contribution is 2.13. The summed E-state index contributed by atoms with van der Waals surface area (Å²) >= 11 is 5.66. The lowest BCUT2D eigenvalue weighted by atomic mass is 10.1. The van der Waals surface area contributed by atoms with Crippen molar-refractivity contribution in [1.29, 1.82) is 0 Å². The van der Waals surface area contributed by atoms with Crippen LogP contribution in [0.4, 0.5) is 5.69 Å². The fraction of sp³-hybridized carbons (Fsp3) is 0.308. The zero-order valence-electron chi connectivity index (χ0n) is 10.6. The topological polar surface area (TPSA) is 59.8 Å². The first-order chi connectivity index (χ1) is 9.19. The van der Waals surface area contributed by atoms with Crippen LogP contribution in [0.15, 0.2) is 36.9 Å². The van der Waals surface area contributed by atoms with E-state index in [0.29, 0.717) is 12.4 Å². The Kier molecular flexibility index (Phi) is 4.52. The van der Waals surface area contributed by atoms with E-state index in [1.165, 1.54) is 6.33 Å². The van der Waals surface area contributed by atoms with Crippen molar-refractivity contribution in [3.63, 3.8) is 0 Å². The molecule has 0 bridgehead atoms. The van der Waals surface area contributed by atoms with Crippen molar-refractivity contribution >= 4 is 23.2 Å². The molecule has 1 aromatic heterocycles. The van der Waals surface area contributed by atoms with Gasteiger partial charge in [0.05, 0.1) is 6.54 Å². The number of anilines is 1. The molecule has 6 heteroatoms. The summed E-state index contributed by atoms with van der Waals surface area (Å²) in [4.78, 5) is 15.6. The Bertz CT molecular complexity index is 541. The number of nitrogens with zero attached hydrogens (tertiary/aromatic N) is 3. The molecule has 1 atom stereocenters. The molecule has 0 aliphatic heterocycles. The third-order valence-corrected chi connectivity index (χ3v) is 3.15. The largest absolute Gasteiger partial charge is 0.326 e. The van der Waals surface area contributed by atoms with Gasteiger partial charge in [-0.3, -0.25) is 4.79 Å². The zero-order valence-corrected chi connectivity index (χ0v) is 11.3. The number of halogens is 1. The molecule has 1 heterocycles. The van der Waals surface area contributed by atoms with E-state index in [4.69, 9.17) is 11.6 Å². The van der Waals surface area contributed by atoms with Crippen molar-refractivity contribution < 1.29 is 4.79 Å². The fourth-order valence-electron chi connectivity index (χ4n) is 1.58. The number of nitrogens with one attached hydrogen (secondary N) is 1. The number of carbonyl (C=O) groups excluding carboxylic acids is 1. The molecule has 0 aliphatic carbocycles. The van der Waals surface area contributed by atoms with Crippen LogP contribution in [0.5, 0.6) is 0 Å². The van der Waals surface area contributed by atoms with Crippen LogP contribution in [0.25, 0.3) is 0 Å². The molecule has 1 unspecified atom stereocenters. The Labute approximate surface area is 116 Å². The van der Waals surface area contributed by atoms with Crippen molar-refractivity contribution in [3.8, 4) is 0 Å². The van der Waals surface area contributed by atoms with Crippen molar-refractivity contribution in [2.45, 2.75) is 13.5 Å². The van der Waals surface area contributed by atoms with Crippen molar-refractivity contribution in [2.24, 2.45) is 5.92 Å². The number of rotatable bonds is 5. The monoisotopic (exact) mass is 278 g/mol. The van der Waals surface area contributed by atoms with Crippen LogP contribution in [-0.2, 0) is 11.3 Å². The SMILES string of the molecule is CC(CCl)C(=O)Nc1cccc(Cn2cncn2)c1.